The van der Waals surface area contributed by atoms with Crippen LogP contribution in [-0.4, -0.2) is 40.6 Å². The molecule has 0 aromatic heterocycles. The molecule has 0 rings (SSSR count). The average Bonchev–Trinajstić information content (AvgIpc) is 2.18. The summed E-state index contributed by atoms with van der Waals surface area (Å²) in [5.41, 5.74) is 0. The van der Waals surface area contributed by atoms with Crippen molar-refractivity contribution in [1.82, 2.24) is 0 Å². The minimum atomic E-state index is 0.384. The van der Waals surface area contributed by atoms with Crippen molar-refractivity contribution in [1.29, 1.82) is 0 Å². The zero-order chi connectivity index (χ0) is 13.0. The van der Waals surface area contributed by atoms with Gasteiger partial charge in [-0.2, -0.15) is 0 Å². The van der Waals surface area contributed by atoms with Crippen molar-refractivity contribution >= 4 is 0 Å². The van der Waals surface area contributed by atoms with Gasteiger partial charge in [-0.1, -0.05) is 13.8 Å². The van der Waals surface area contributed by atoms with Crippen molar-refractivity contribution in [2.45, 2.75) is 40.2 Å². The van der Waals surface area contributed by atoms with E-state index in [4.69, 9.17) is 14.2 Å². The zero-order valence-corrected chi connectivity index (χ0v) is 12.1. The smallest absolute Gasteiger partial charge is 0.0515 e. The van der Waals surface area contributed by atoms with Crippen molar-refractivity contribution in [3.05, 3.63) is 0 Å². The summed E-state index contributed by atoms with van der Waals surface area (Å²) in [7, 11) is 5.18. The topological polar surface area (TPSA) is 27.7 Å². The second kappa shape index (κ2) is 12.9. The van der Waals surface area contributed by atoms with Gasteiger partial charge in [0.2, 0.25) is 0 Å². The molecule has 3 nitrogen and oxygen atoms in total. The van der Waals surface area contributed by atoms with Gasteiger partial charge in [0.1, 0.15) is 0 Å². The van der Waals surface area contributed by atoms with E-state index in [0.717, 1.165) is 19.1 Å². The molecular weight excluding hydrogens is 204 g/mol. The third-order valence-corrected chi connectivity index (χ3v) is 2.08. The Kier molecular flexibility index (Phi) is 14.8. The van der Waals surface area contributed by atoms with Crippen LogP contribution in [0.3, 0.4) is 0 Å². The Balaban J connectivity index is 0. The minimum absolute atomic E-state index is 0.384. The van der Waals surface area contributed by atoms with E-state index in [1.807, 2.05) is 13.8 Å². The average molecular weight is 234 g/mol. The first-order chi connectivity index (χ1) is 7.47. The Hall–Kier alpha value is -0.120. The van der Waals surface area contributed by atoms with Gasteiger partial charge < -0.3 is 14.2 Å². The van der Waals surface area contributed by atoms with Crippen LogP contribution < -0.4 is 0 Å². The van der Waals surface area contributed by atoms with E-state index < -0.39 is 0 Å². The maximum atomic E-state index is 5.08. The highest BCUT2D eigenvalue weighted by molar-refractivity contribution is 4.59. The number of hydrogen-bond acceptors (Lipinski definition) is 3. The lowest BCUT2D eigenvalue weighted by atomic mass is 9.99. The Labute approximate surface area is 101 Å². The second-order valence-electron chi connectivity index (χ2n) is 4.69. The summed E-state index contributed by atoms with van der Waals surface area (Å²) in [6.07, 6.45) is 1.57. The van der Waals surface area contributed by atoms with Crippen LogP contribution in [0.5, 0.6) is 0 Å². The molecule has 0 N–H and O–H groups in total. The number of methoxy groups -OCH3 is 3. The lowest BCUT2D eigenvalue weighted by Crippen LogP contribution is -2.16. The molecular formula is C13H30O3. The number of ether oxygens (including phenoxy) is 3. The highest BCUT2D eigenvalue weighted by Gasteiger charge is 2.09. The van der Waals surface area contributed by atoms with Gasteiger partial charge >= 0.3 is 0 Å². The van der Waals surface area contributed by atoms with Crippen LogP contribution >= 0.6 is 0 Å². The Morgan fingerprint density at radius 1 is 0.812 bits per heavy atom. The van der Waals surface area contributed by atoms with Gasteiger partial charge in [0.15, 0.2) is 0 Å². The maximum Gasteiger partial charge on any atom is 0.0515 e. The van der Waals surface area contributed by atoms with Crippen LogP contribution in [0.2, 0.25) is 0 Å². The summed E-state index contributed by atoms with van der Waals surface area (Å²) in [6, 6.07) is 0. The molecule has 0 aliphatic heterocycles. The van der Waals surface area contributed by atoms with Crippen molar-refractivity contribution in [2.75, 3.05) is 34.5 Å². The third-order valence-electron chi connectivity index (χ3n) is 2.08. The molecule has 16 heavy (non-hydrogen) atoms. The van der Waals surface area contributed by atoms with E-state index in [2.05, 4.69) is 13.8 Å². The molecule has 0 amide bonds. The molecule has 0 aromatic rings. The van der Waals surface area contributed by atoms with Gasteiger partial charge in [-0.25, -0.2) is 0 Å². The van der Waals surface area contributed by atoms with Crippen LogP contribution in [0.1, 0.15) is 34.1 Å². The predicted molar refractivity (Wildman–Crippen MR) is 68.8 cm³/mol. The van der Waals surface area contributed by atoms with E-state index in [1.165, 1.54) is 6.42 Å². The van der Waals surface area contributed by atoms with Gasteiger partial charge in [-0.05, 0) is 26.2 Å². The molecule has 0 fully saturated rings. The quantitative estimate of drug-likeness (QED) is 0.678. The first kappa shape index (κ1) is 18.3. The molecule has 0 radical (unpaired) electrons. The molecule has 0 bridgehead atoms. The summed E-state index contributed by atoms with van der Waals surface area (Å²) in [4.78, 5) is 0. The monoisotopic (exact) mass is 234 g/mol. The van der Waals surface area contributed by atoms with Crippen LogP contribution in [-0.2, 0) is 14.2 Å². The zero-order valence-electron chi connectivity index (χ0n) is 12.1. The van der Waals surface area contributed by atoms with E-state index in [-0.39, 0.29) is 0 Å². The molecule has 0 aromatic carbocycles. The number of rotatable bonds is 7. The van der Waals surface area contributed by atoms with Crippen LogP contribution in [0.4, 0.5) is 0 Å². The van der Waals surface area contributed by atoms with Crippen LogP contribution in [0.15, 0.2) is 0 Å². The molecule has 100 valence electrons. The Morgan fingerprint density at radius 3 is 1.38 bits per heavy atom. The molecule has 0 atom stereocenters. The van der Waals surface area contributed by atoms with Gasteiger partial charge in [-0.3, -0.25) is 0 Å². The highest BCUT2D eigenvalue weighted by atomic mass is 16.5. The van der Waals surface area contributed by atoms with Crippen molar-refractivity contribution < 1.29 is 14.2 Å². The second-order valence-corrected chi connectivity index (χ2v) is 4.69. The van der Waals surface area contributed by atoms with Gasteiger partial charge in [0.05, 0.1) is 19.3 Å². The first-order valence-corrected chi connectivity index (χ1v) is 5.98. The standard InChI is InChI=1S/C9H20O2.C4H10O/c1-8(2)5-9(6-10-3)7-11-4;1-4(2)5-3/h8-9H,5-7H2,1-4H3;4H,1-3H3. The van der Waals surface area contributed by atoms with E-state index in [0.29, 0.717) is 12.0 Å². The lowest BCUT2D eigenvalue weighted by molar-refractivity contribution is 0.0743. The first-order valence-electron chi connectivity index (χ1n) is 5.98. The fourth-order valence-electron chi connectivity index (χ4n) is 1.32. The lowest BCUT2D eigenvalue weighted by Gasteiger charge is -2.16. The van der Waals surface area contributed by atoms with Gasteiger partial charge in [0.25, 0.3) is 0 Å². The Morgan fingerprint density at radius 2 is 1.19 bits per heavy atom. The van der Waals surface area contributed by atoms with Crippen LogP contribution in [0, 0.1) is 11.8 Å². The number of hydrogen-bond donors (Lipinski definition) is 0. The van der Waals surface area contributed by atoms with Crippen molar-refractivity contribution in [2.24, 2.45) is 11.8 Å². The van der Waals surface area contributed by atoms with Crippen LogP contribution in [0.25, 0.3) is 0 Å². The summed E-state index contributed by atoms with van der Waals surface area (Å²) in [5.74, 6) is 1.29. The Bertz CT molecular complexity index is 118. The predicted octanol–water partition coefficient (Wildman–Crippen LogP) is 2.98. The molecule has 0 heterocycles. The molecule has 0 unspecified atom stereocenters. The SMILES string of the molecule is COC(C)C.COCC(COC)CC(C)C. The summed E-state index contributed by atoms with van der Waals surface area (Å²) in [5, 5.41) is 0. The third kappa shape index (κ3) is 16.3. The minimum Gasteiger partial charge on any atom is -0.384 e. The summed E-state index contributed by atoms with van der Waals surface area (Å²) < 4.78 is 14.9. The van der Waals surface area contributed by atoms with E-state index in [9.17, 15) is 0 Å². The van der Waals surface area contributed by atoms with Gasteiger partial charge in [-0.15, -0.1) is 0 Å². The highest BCUT2D eigenvalue weighted by Crippen LogP contribution is 2.11. The fourth-order valence-corrected chi connectivity index (χ4v) is 1.32. The molecule has 0 aliphatic rings. The van der Waals surface area contributed by atoms with Gasteiger partial charge in [0, 0.05) is 27.2 Å². The van der Waals surface area contributed by atoms with Crippen molar-refractivity contribution in [3.8, 4) is 0 Å². The summed E-state index contributed by atoms with van der Waals surface area (Å²) in [6.45, 7) is 10.1. The maximum absolute atomic E-state index is 5.08. The molecule has 0 aliphatic carbocycles. The molecule has 0 spiro atoms. The van der Waals surface area contributed by atoms with E-state index >= 15 is 0 Å². The molecule has 3 heteroatoms. The largest absolute Gasteiger partial charge is 0.384 e. The fraction of sp³-hybridized carbons (Fsp3) is 1.00. The summed E-state index contributed by atoms with van der Waals surface area (Å²) >= 11 is 0. The van der Waals surface area contributed by atoms with E-state index in [1.54, 1.807) is 21.3 Å². The molecule has 0 saturated heterocycles. The normalized spacial score (nSPS) is 10.9. The molecule has 0 saturated carbocycles. The van der Waals surface area contributed by atoms with Crippen molar-refractivity contribution in [3.63, 3.8) is 0 Å².